The zero-order valence-corrected chi connectivity index (χ0v) is 8.76. The fourth-order valence-corrected chi connectivity index (χ4v) is 1.27. The molecule has 0 saturated carbocycles. The van der Waals surface area contributed by atoms with Crippen molar-refractivity contribution in [2.45, 2.75) is 13.5 Å². The molecule has 1 rings (SSSR count). The highest BCUT2D eigenvalue weighted by Gasteiger charge is 2.11. The lowest BCUT2D eigenvalue weighted by atomic mass is 10.0. The van der Waals surface area contributed by atoms with Crippen LogP contribution in [-0.4, -0.2) is 18.3 Å². The third-order valence-electron chi connectivity index (χ3n) is 1.88. The summed E-state index contributed by atoms with van der Waals surface area (Å²) in [6.45, 7) is -1.28. The first-order valence-electron chi connectivity index (χ1n) is 4.22. The molecule has 0 unspecified atom stereocenters. The minimum absolute atomic E-state index is 0.0684. The van der Waals surface area contributed by atoms with E-state index >= 15 is 0 Å². The first-order valence-corrected chi connectivity index (χ1v) is 4.60. The molecule has 0 aliphatic carbocycles. The minimum Gasteiger partial charge on any atom is -0.433 e. The highest BCUT2D eigenvalue weighted by Crippen LogP contribution is 2.29. The number of aliphatic hydroxyl groups is 1. The second kappa shape index (κ2) is 5.28. The summed E-state index contributed by atoms with van der Waals surface area (Å²) in [6, 6.07) is 4.39. The molecule has 1 N–H and O–H groups in total. The lowest BCUT2D eigenvalue weighted by Gasteiger charge is -2.11. The normalized spacial score (nSPS) is 11.1. The van der Waals surface area contributed by atoms with Crippen LogP contribution in [0, 0.1) is 5.92 Å². The largest absolute Gasteiger partial charge is 0.433 e. The van der Waals surface area contributed by atoms with Gasteiger partial charge in [-0.3, -0.25) is 0 Å². The number of benzene rings is 1. The van der Waals surface area contributed by atoms with Crippen molar-refractivity contribution in [1.29, 1.82) is 0 Å². The van der Waals surface area contributed by atoms with Crippen molar-refractivity contribution in [3.63, 3.8) is 0 Å². The molecule has 0 aliphatic heterocycles. The Bertz CT molecular complexity index is 331. The standard InChI is InChI=1S/C10H10ClF2O2/c1-6(5-14)7-2-3-9(8(11)4-7)15-10(12)13/h2-4,10,14H,5H2,1H3. The van der Waals surface area contributed by atoms with Crippen molar-refractivity contribution in [2.75, 3.05) is 6.61 Å². The van der Waals surface area contributed by atoms with Crippen LogP contribution in [0.15, 0.2) is 18.2 Å². The van der Waals surface area contributed by atoms with Crippen molar-refractivity contribution in [1.82, 2.24) is 0 Å². The Morgan fingerprint density at radius 2 is 2.20 bits per heavy atom. The number of ether oxygens (including phenoxy) is 1. The molecule has 0 spiro atoms. The van der Waals surface area contributed by atoms with Gasteiger partial charge in [0.15, 0.2) is 0 Å². The summed E-state index contributed by atoms with van der Waals surface area (Å²) in [7, 11) is 0. The Morgan fingerprint density at radius 3 is 2.67 bits per heavy atom. The van der Waals surface area contributed by atoms with E-state index in [-0.39, 0.29) is 17.4 Å². The van der Waals surface area contributed by atoms with E-state index in [4.69, 9.17) is 16.7 Å². The monoisotopic (exact) mass is 235 g/mol. The van der Waals surface area contributed by atoms with Gasteiger partial charge >= 0.3 is 6.61 Å². The molecule has 0 atom stereocenters. The van der Waals surface area contributed by atoms with E-state index < -0.39 is 6.61 Å². The Morgan fingerprint density at radius 1 is 1.53 bits per heavy atom. The van der Waals surface area contributed by atoms with Gasteiger partial charge in [0.1, 0.15) is 5.75 Å². The summed E-state index contributed by atoms with van der Waals surface area (Å²) in [6.07, 6.45) is 0. The number of alkyl halides is 2. The predicted molar refractivity (Wildman–Crippen MR) is 53.2 cm³/mol. The van der Waals surface area contributed by atoms with Gasteiger partial charge in [-0.2, -0.15) is 8.78 Å². The van der Waals surface area contributed by atoms with E-state index in [9.17, 15) is 8.78 Å². The lowest BCUT2D eigenvalue weighted by molar-refractivity contribution is -0.0497. The molecule has 1 aromatic rings. The van der Waals surface area contributed by atoms with Gasteiger partial charge in [-0.1, -0.05) is 24.6 Å². The van der Waals surface area contributed by atoms with E-state index in [0.717, 1.165) is 0 Å². The zero-order valence-electron chi connectivity index (χ0n) is 8.01. The smallest absolute Gasteiger partial charge is 0.387 e. The fraction of sp³-hybridized carbons (Fsp3) is 0.300. The molecule has 5 heteroatoms. The van der Waals surface area contributed by atoms with Crippen molar-refractivity contribution in [3.8, 4) is 5.75 Å². The van der Waals surface area contributed by atoms with Crippen LogP contribution < -0.4 is 4.74 Å². The molecule has 0 aliphatic rings. The number of hydrogen-bond acceptors (Lipinski definition) is 2. The molecule has 0 aromatic heterocycles. The average Bonchev–Trinajstić information content (AvgIpc) is 2.19. The van der Waals surface area contributed by atoms with Crippen LogP contribution >= 0.6 is 11.6 Å². The topological polar surface area (TPSA) is 29.5 Å². The maximum Gasteiger partial charge on any atom is 0.387 e. The van der Waals surface area contributed by atoms with Gasteiger partial charge in [-0.25, -0.2) is 0 Å². The summed E-state index contributed by atoms with van der Waals surface area (Å²) in [5.41, 5.74) is 0.698. The van der Waals surface area contributed by atoms with Crippen molar-refractivity contribution in [2.24, 2.45) is 0 Å². The molecule has 0 heterocycles. The number of aliphatic hydroxyl groups excluding tert-OH is 1. The summed E-state index contributed by atoms with van der Waals surface area (Å²) in [5, 5.41) is 8.96. The highest BCUT2D eigenvalue weighted by atomic mass is 35.5. The van der Waals surface area contributed by atoms with Crippen molar-refractivity contribution >= 4 is 11.6 Å². The van der Waals surface area contributed by atoms with Crippen LogP contribution in [0.25, 0.3) is 0 Å². The molecule has 0 bridgehead atoms. The van der Waals surface area contributed by atoms with E-state index in [1.165, 1.54) is 12.1 Å². The van der Waals surface area contributed by atoms with Gasteiger partial charge in [0.2, 0.25) is 0 Å². The van der Waals surface area contributed by atoms with Crippen molar-refractivity contribution in [3.05, 3.63) is 34.7 Å². The van der Waals surface area contributed by atoms with Gasteiger partial charge in [-0.05, 0) is 17.7 Å². The first kappa shape index (κ1) is 12.2. The second-order valence-corrected chi connectivity index (χ2v) is 3.37. The zero-order chi connectivity index (χ0) is 11.4. The minimum atomic E-state index is -2.89. The molecule has 1 aromatic carbocycles. The third kappa shape index (κ3) is 3.32. The van der Waals surface area contributed by atoms with Crippen LogP contribution in [0.3, 0.4) is 0 Å². The third-order valence-corrected chi connectivity index (χ3v) is 2.17. The predicted octanol–water partition coefficient (Wildman–Crippen LogP) is 2.88. The molecule has 15 heavy (non-hydrogen) atoms. The van der Waals surface area contributed by atoms with E-state index in [2.05, 4.69) is 4.74 Å². The van der Waals surface area contributed by atoms with Gasteiger partial charge in [0.25, 0.3) is 0 Å². The number of hydrogen-bond donors (Lipinski definition) is 1. The van der Waals surface area contributed by atoms with E-state index in [1.807, 2.05) is 0 Å². The lowest BCUT2D eigenvalue weighted by Crippen LogP contribution is -2.04. The average molecular weight is 236 g/mol. The second-order valence-electron chi connectivity index (χ2n) is 2.96. The molecule has 83 valence electrons. The molecule has 2 nitrogen and oxygen atoms in total. The van der Waals surface area contributed by atoms with E-state index in [0.29, 0.717) is 11.5 Å². The van der Waals surface area contributed by atoms with Crippen LogP contribution in [0.4, 0.5) is 8.78 Å². The Hall–Kier alpha value is -0.870. The maximum absolute atomic E-state index is 11.9. The van der Waals surface area contributed by atoms with Gasteiger partial charge in [0, 0.05) is 5.92 Å². The molecule has 0 saturated heterocycles. The van der Waals surface area contributed by atoms with Gasteiger partial charge < -0.3 is 9.84 Å². The fourth-order valence-electron chi connectivity index (χ4n) is 1.05. The summed E-state index contributed by atoms with van der Waals surface area (Å²) in [5.74, 6) is 0.640. The first-order chi connectivity index (χ1) is 7.04. The maximum atomic E-state index is 11.9. The van der Waals surface area contributed by atoms with Crippen LogP contribution in [0.1, 0.15) is 12.5 Å². The highest BCUT2D eigenvalue weighted by molar-refractivity contribution is 6.32. The molecule has 0 amide bonds. The summed E-state index contributed by atoms with van der Waals surface area (Å²) < 4.78 is 28.0. The molecule has 0 fully saturated rings. The van der Waals surface area contributed by atoms with Crippen LogP contribution in [-0.2, 0) is 0 Å². The van der Waals surface area contributed by atoms with Gasteiger partial charge in [-0.15, -0.1) is 0 Å². The van der Waals surface area contributed by atoms with Crippen LogP contribution in [0.2, 0.25) is 5.02 Å². The SMILES string of the molecule is C[C](CO)c1ccc(OC(F)F)c(Cl)c1. The van der Waals surface area contributed by atoms with E-state index in [1.54, 1.807) is 13.0 Å². The van der Waals surface area contributed by atoms with Gasteiger partial charge in [0.05, 0.1) is 11.6 Å². The van der Waals surface area contributed by atoms with Crippen molar-refractivity contribution < 1.29 is 18.6 Å². The number of halogens is 3. The molecule has 1 radical (unpaired) electrons. The molecular formula is C10H10ClF2O2. The Labute approximate surface area is 91.4 Å². The summed E-state index contributed by atoms with van der Waals surface area (Å²) >= 11 is 5.72. The molecular weight excluding hydrogens is 226 g/mol. The summed E-state index contributed by atoms with van der Waals surface area (Å²) in [4.78, 5) is 0. The Kier molecular flexibility index (Phi) is 4.29. The quantitative estimate of drug-likeness (QED) is 0.870. The van der Waals surface area contributed by atoms with Crippen LogP contribution in [0.5, 0.6) is 5.75 Å². The Balaban J connectivity index is 2.88. The number of rotatable bonds is 4.